The number of thiophene rings is 1. The average Bonchev–Trinajstić information content (AvgIpc) is 2.99. The minimum atomic E-state index is 0.295. The molecule has 1 N–H and O–H groups in total. The van der Waals surface area contributed by atoms with Crippen LogP contribution in [0, 0.1) is 6.92 Å². The Balaban J connectivity index is 2.44. The predicted molar refractivity (Wildman–Crippen MR) is 91.5 cm³/mol. The number of rotatable bonds is 5. The first-order valence-corrected chi connectivity index (χ1v) is 8.16. The molecule has 2 rings (SSSR count). The largest absolute Gasteiger partial charge is 0.373 e. The summed E-state index contributed by atoms with van der Waals surface area (Å²) in [6, 6.07) is 4.56. The molecule has 0 bridgehead atoms. The minimum absolute atomic E-state index is 0.295. The van der Waals surface area contributed by atoms with E-state index in [0.717, 1.165) is 23.0 Å². The van der Waals surface area contributed by atoms with Gasteiger partial charge in [0.05, 0.1) is 6.04 Å². The molecule has 0 saturated heterocycles. The summed E-state index contributed by atoms with van der Waals surface area (Å²) < 4.78 is 0. The van der Waals surface area contributed by atoms with Crippen LogP contribution in [-0.4, -0.2) is 24.1 Å². The molecule has 0 aliphatic rings. The van der Waals surface area contributed by atoms with E-state index in [1.165, 1.54) is 4.88 Å². The quantitative estimate of drug-likeness (QED) is 0.898. The summed E-state index contributed by atoms with van der Waals surface area (Å²) in [6.07, 6.45) is 0. The molecule has 0 saturated carbocycles. The molecule has 2 aromatic heterocycles. The van der Waals surface area contributed by atoms with Crippen LogP contribution in [0.5, 0.6) is 0 Å². The van der Waals surface area contributed by atoms with Gasteiger partial charge in [-0.2, -0.15) is 0 Å². The summed E-state index contributed by atoms with van der Waals surface area (Å²) in [5.41, 5.74) is 1.09. The van der Waals surface area contributed by atoms with Gasteiger partial charge in [0.25, 0.3) is 0 Å². The van der Waals surface area contributed by atoms with Crippen LogP contribution in [0.25, 0.3) is 0 Å². The molecular weight excluding hydrogens is 280 g/mol. The summed E-state index contributed by atoms with van der Waals surface area (Å²) in [6.45, 7) is 8.53. The van der Waals surface area contributed by atoms with Crippen molar-refractivity contribution in [2.45, 2.75) is 39.7 Å². The van der Waals surface area contributed by atoms with E-state index in [4.69, 9.17) is 4.98 Å². The van der Waals surface area contributed by atoms with E-state index >= 15 is 0 Å². The van der Waals surface area contributed by atoms with Crippen molar-refractivity contribution in [3.8, 4) is 0 Å². The van der Waals surface area contributed by atoms with Gasteiger partial charge in [-0.1, -0.05) is 19.9 Å². The lowest BCUT2D eigenvalue weighted by molar-refractivity contribution is 0.714. The SMILES string of the molecule is CNc1nc(C(C)C)nc(N(C)C(C)c2cccs2)c1C. The maximum atomic E-state index is 4.79. The first-order valence-electron chi connectivity index (χ1n) is 7.28. The molecular formula is C16H24N4S. The number of aromatic nitrogens is 2. The smallest absolute Gasteiger partial charge is 0.137 e. The Labute approximate surface area is 131 Å². The average molecular weight is 304 g/mol. The van der Waals surface area contributed by atoms with Crippen molar-refractivity contribution >= 4 is 23.0 Å². The molecule has 2 aromatic rings. The maximum Gasteiger partial charge on any atom is 0.137 e. The minimum Gasteiger partial charge on any atom is -0.373 e. The molecule has 2 heterocycles. The Hall–Kier alpha value is -1.62. The van der Waals surface area contributed by atoms with Crippen LogP contribution in [0.2, 0.25) is 0 Å². The monoisotopic (exact) mass is 304 g/mol. The van der Waals surface area contributed by atoms with E-state index < -0.39 is 0 Å². The first kappa shape index (κ1) is 15.8. The molecule has 114 valence electrons. The van der Waals surface area contributed by atoms with E-state index in [1.807, 2.05) is 7.05 Å². The Kier molecular flexibility index (Phi) is 4.83. The zero-order valence-corrected chi connectivity index (χ0v) is 14.5. The van der Waals surface area contributed by atoms with Gasteiger partial charge in [0.15, 0.2) is 0 Å². The van der Waals surface area contributed by atoms with Crippen molar-refractivity contribution in [3.63, 3.8) is 0 Å². The van der Waals surface area contributed by atoms with E-state index in [2.05, 4.69) is 67.5 Å². The lowest BCUT2D eigenvalue weighted by atomic mass is 10.1. The molecule has 1 unspecified atom stereocenters. The first-order chi connectivity index (χ1) is 9.95. The molecule has 21 heavy (non-hydrogen) atoms. The van der Waals surface area contributed by atoms with Crippen molar-refractivity contribution in [1.29, 1.82) is 0 Å². The Morgan fingerprint density at radius 3 is 2.48 bits per heavy atom. The third-order valence-electron chi connectivity index (χ3n) is 3.76. The second-order valence-electron chi connectivity index (χ2n) is 5.59. The zero-order valence-electron chi connectivity index (χ0n) is 13.6. The number of hydrogen-bond acceptors (Lipinski definition) is 5. The van der Waals surface area contributed by atoms with Gasteiger partial charge in [0.2, 0.25) is 0 Å². The fourth-order valence-electron chi connectivity index (χ4n) is 2.27. The summed E-state index contributed by atoms with van der Waals surface area (Å²) in [5, 5.41) is 5.30. The van der Waals surface area contributed by atoms with Crippen molar-refractivity contribution in [3.05, 3.63) is 33.8 Å². The molecule has 4 nitrogen and oxygen atoms in total. The van der Waals surface area contributed by atoms with Crippen LogP contribution in [-0.2, 0) is 0 Å². The van der Waals surface area contributed by atoms with Gasteiger partial charge in [0.1, 0.15) is 17.5 Å². The van der Waals surface area contributed by atoms with Gasteiger partial charge in [-0.3, -0.25) is 0 Å². The highest BCUT2D eigenvalue weighted by atomic mass is 32.1. The number of nitrogens with zero attached hydrogens (tertiary/aromatic N) is 3. The lowest BCUT2D eigenvalue weighted by Crippen LogP contribution is -2.24. The topological polar surface area (TPSA) is 41.1 Å². The molecule has 0 aromatic carbocycles. The highest BCUT2D eigenvalue weighted by Crippen LogP contribution is 2.32. The third-order valence-corrected chi connectivity index (χ3v) is 4.80. The van der Waals surface area contributed by atoms with Crippen molar-refractivity contribution in [2.75, 3.05) is 24.3 Å². The molecule has 0 spiro atoms. The molecule has 0 fully saturated rings. The van der Waals surface area contributed by atoms with Gasteiger partial charge >= 0.3 is 0 Å². The van der Waals surface area contributed by atoms with Crippen LogP contribution < -0.4 is 10.2 Å². The normalized spacial score (nSPS) is 12.5. The molecule has 0 aliphatic heterocycles. The fourth-order valence-corrected chi connectivity index (χ4v) is 3.10. The number of hydrogen-bond donors (Lipinski definition) is 1. The van der Waals surface area contributed by atoms with Gasteiger partial charge < -0.3 is 10.2 Å². The molecule has 0 radical (unpaired) electrons. The van der Waals surface area contributed by atoms with E-state index in [0.29, 0.717) is 12.0 Å². The van der Waals surface area contributed by atoms with Crippen molar-refractivity contribution < 1.29 is 0 Å². The molecule has 1 atom stereocenters. The number of anilines is 2. The van der Waals surface area contributed by atoms with Crippen molar-refractivity contribution in [2.24, 2.45) is 0 Å². The second-order valence-corrected chi connectivity index (χ2v) is 6.57. The zero-order chi connectivity index (χ0) is 15.6. The van der Waals surface area contributed by atoms with E-state index in [1.54, 1.807) is 11.3 Å². The van der Waals surface area contributed by atoms with Gasteiger partial charge in [-0.05, 0) is 25.3 Å². The summed E-state index contributed by atoms with van der Waals surface area (Å²) in [5.74, 6) is 3.10. The maximum absolute atomic E-state index is 4.79. The highest BCUT2D eigenvalue weighted by molar-refractivity contribution is 7.10. The second kappa shape index (κ2) is 6.43. The van der Waals surface area contributed by atoms with Crippen LogP contribution in [0.1, 0.15) is 49.0 Å². The van der Waals surface area contributed by atoms with Crippen molar-refractivity contribution in [1.82, 2.24) is 9.97 Å². The standard InChI is InChI=1S/C16H24N4S/c1-10(2)14-18-15(17-5)11(3)16(19-14)20(6)12(4)13-8-7-9-21-13/h7-10,12H,1-6H3,(H,17,18,19). The molecule has 0 aliphatic carbocycles. The predicted octanol–water partition coefficient (Wildman–Crippen LogP) is 4.21. The van der Waals surface area contributed by atoms with E-state index in [9.17, 15) is 0 Å². The van der Waals surface area contributed by atoms with Crippen LogP contribution in [0.3, 0.4) is 0 Å². The van der Waals surface area contributed by atoms with Gasteiger partial charge in [-0.15, -0.1) is 11.3 Å². The van der Waals surface area contributed by atoms with E-state index in [-0.39, 0.29) is 0 Å². The number of nitrogens with one attached hydrogen (secondary N) is 1. The summed E-state index contributed by atoms with van der Waals surface area (Å²) >= 11 is 1.78. The van der Waals surface area contributed by atoms with Crippen LogP contribution >= 0.6 is 11.3 Å². The lowest BCUT2D eigenvalue weighted by Gasteiger charge is -2.28. The fraction of sp³-hybridized carbons (Fsp3) is 0.500. The van der Waals surface area contributed by atoms with Crippen LogP contribution in [0.15, 0.2) is 17.5 Å². The summed E-state index contributed by atoms with van der Waals surface area (Å²) in [4.78, 5) is 13.0. The Bertz CT molecular complexity index is 593. The molecule has 0 amide bonds. The Morgan fingerprint density at radius 2 is 1.95 bits per heavy atom. The summed E-state index contributed by atoms with van der Waals surface area (Å²) in [7, 11) is 4.01. The Morgan fingerprint density at radius 1 is 1.24 bits per heavy atom. The molecule has 5 heteroatoms. The third kappa shape index (κ3) is 3.18. The van der Waals surface area contributed by atoms with Crippen LogP contribution in [0.4, 0.5) is 11.6 Å². The highest BCUT2D eigenvalue weighted by Gasteiger charge is 2.20. The van der Waals surface area contributed by atoms with Gasteiger partial charge in [-0.25, -0.2) is 9.97 Å². The van der Waals surface area contributed by atoms with Gasteiger partial charge in [0, 0.05) is 30.5 Å².